The first-order valence-electron chi connectivity index (χ1n) is 7.07. The molecule has 3 rings (SSSR count). The molecule has 2 aromatic rings. The van der Waals surface area contributed by atoms with Crippen LogP contribution in [-0.4, -0.2) is 22.1 Å². The summed E-state index contributed by atoms with van der Waals surface area (Å²) in [6.45, 7) is 3.18. The first-order chi connectivity index (χ1) is 9.29. The Kier molecular flexibility index (Phi) is 3.38. The van der Waals surface area contributed by atoms with E-state index in [1.54, 1.807) is 0 Å². The molecule has 1 aromatic carbocycles. The van der Waals surface area contributed by atoms with Crippen LogP contribution in [0.4, 0.5) is 0 Å². The Hall–Kier alpha value is -1.61. The number of nitrogens with zero attached hydrogens (tertiary/aromatic N) is 2. The van der Waals surface area contributed by atoms with Crippen LogP contribution in [0.3, 0.4) is 0 Å². The van der Waals surface area contributed by atoms with Gasteiger partial charge in [-0.1, -0.05) is 31.2 Å². The van der Waals surface area contributed by atoms with Crippen LogP contribution < -0.4 is 5.32 Å². The Morgan fingerprint density at radius 2 is 2.26 bits per heavy atom. The molecule has 0 radical (unpaired) electrons. The van der Waals surface area contributed by atoms with Gasteiger partial charge >= 0.3 is 0 Å². The quantitative estimate of drug-likeness (QED) is 0.888. The lowest BCUT2D eigenvalue weighted by Crippen LogP contribution is -2.42. The van der Waals surface area contributed by atoms with Gasteiger partial charge < -0.3 is 9.88 Å². The average molecular weight is 255 g/mol. The van der Waals surface area contributed by atoms with E-state index in [2.05, 4.69) is 53.1 Å². The van der Waals surface area contributed by atoms with Crippen LogP contribution >= 0.6 is 0 Å². The van der Waals surface area contributed by atoms with Gasteiger partial charge in [-0.25, -0.2) is 4.98 Å². The lowest BCUT2D eigenvalue weighted by molar-refractivity contribution is 0.396. The molecular weight excluding hydrogens is 234 g/mol. The van der Waals surface area contributed by atoms with Crippen molar-refractivity contribution in [2.45, 2.75) is 31.7 Å². The maximum Gasteiger partial charge on any atom is 0.109 e. The smallest absolute Gasteiger partial charge is 0.109 e. The van der Waals surface area contributed by atoms with Crippen molar-refractivity contribution in [3.63, 3.8) is 0 Å². The number of aryl methyl sites for hydroxylation is 1. The highest BCUT2D eigenvalue weighted by Crippen LogP contribution is 2.38. The number of rotatable bonds is 5. The minimum atomic E-state index is 0.487. The average Bonchev–Trinajstić information content (AvgIpc) is 2.77. The number of hydrogen-bond donors (Lipinski definition) is 1. The Balaban J connectivity index is 1.78. The zero-order valence-electron chi connectivity index (χ0n) is 11.6. The van der Waals surface area contributed by atoms with Crippen LogP contribution in [0.25, 0.3) is 0 Å². The summed E-state index contributed by atoms with van der Waals surface area (Å²) in [4.78, 5) is 4.46. The standard InChI is InChI=1S/C16H21N3/c1-3-17-15(11-16-18-8-9-19(16)2)14-10-12-6-4-5-7-13(12)14/h4-9,14-15,17H,3,10-11H2,1-2H3. The van der Waals surface area contributed by atoms with Crippen LogP contribution in [0.1, 0.15) is 29.8 Å². The molecule has 1 aromatic heterocycles. The van der Waals surface area contributed by atoms with Gasteiger partial charge in [0.25, 0.3) is 0 Å². The van der Waals surface area contributed by atoms with Gasteiger partial charge in [-0.15, -0.1) is 0 Å². The number of benzene rings is 1. The molecule has 19 heavy (non-hydrogen) atoms. The Labute approximate surface area is 114 Å². The zero-order valence-corrected chi connectivity index (χ0v) is 11.6. The van der Waals surface area contributed by atoms with E-state index in [1.165, 1.54) is 17.5 Å². The molecule has 1 N–H and O–H groups in total. The molecule has 0 spiro atoms. The summed E-state index contributed by atoms with van der Waals surface area (Å²) in [5, 5.41) is 3.64. The second-order valence-corrected chi connectivity index (χ2v) is 5.33. The Morgan fingerprint density at radius 3 is 2.95 bits per heavy atom. The van der Waals surface area contributed by atoms with Crippen molar-refractivity contribution in [2.24, 2.45) is 7.05 Å². The predicted octanol–water partition coefficient (Wildman–Crippen LogP) is 2.28. The van der Waals surface area contributed by atoms with Gasteiger partial charge in [0.05, 0.1) is 0 Å². The highest BCUT2D eigenvalue weighted by Gasteiger charge is 2.32. The van der Waals surface area contributed by atoms with Crippen LogP contribution in [0.5, 0.6) is 0 Å². The van der Waals surface area contributed by atoms with Gasteiger partial charge in [-0.3, -0.25) is 0 Å². The first kappa shape index (κ1) is 12.4. The summed E-state index contributed by atoms with van der Waals surface area (Å²) in [5.74, 6) is 1.79. The van der Waals surface area contributed by atoms with E-state index in [-0.39, 0.29) is 0 Å². The molecular formula is C16H21N3. The number of hydrogen-bond acceptors (Lipinski definition) is 2. The van der Waals surface area contributed by atoms with Gasteiger partial charge in [0.2, 0.25) is 0 Å². The lowest BCUT2D eigenvalue weighted by atomic mass is 9.72. The maximum absolute atomic E-state index is 4.46. The van der Waals surface area contributed by atoms with Crippen LogP contribution in [-0.2, 0) is 19.9 Å². The third-order valence-corrected chi connectivity index (χ3v) is 4.17. The van der Waals surface area contributed by atoms with Crippen LogP contribution in [0.15, 0.2) is 36.7 Å². The van der Waals surface area contributed by atoms with Crippen molar-refractivity contribution in [3.05, 3.63) is 53.6 Å². The zero-order chi connectivity index (χ0) is 13.2. The highest BCUT2D eigenvalue weighted by atomic mass is 15.0. The van der Waals surface area contributed by atoms with Gasteiger partial charge in [-0.2, -0.15) is 0 Å². The molecule has 2 atom stereocenters. The Bertz CT molecular complexity index is 559. The van der Waals surface area contributed by atoms with E-state index in [0.29, 0.717) is 12.0 Å². The molecule has 0 saturated carbocycles. The van der Waals surface area contributed by atoms with Gasteiger partial charge in [0.1, 0.15) is 5.82 Å². The minimum absolute atomic E-state index is 0.487. The van der Waals surface area contributed by atoms with E-state index in [4.69, 9.17) is 0 Å². The number of imidazole rings is 1. The molecule has 3 heteroatoms. The van der Waals surface area contributed by atoms with Gasteiger partial charge in [0, 0.05) is 37.8 Å². The molecule has 0 bridgehead atoms. The second-order valence-electron chi connectivity index (χ2n) is 5.33. The summed E-state index contributed by atoms with van der Waals surface area (Å²) in [6, 6.07) is 9.29. The lowest BCUT2D eigenvalue weighted by Gasteiger charge is -2.37. The largest absolute Gasteiger partial charge is 0.338 e. The molecule has 1 heterocycles. The van der Waals surface area contributed by atoms with E-state index in [1.807, 2.05) is 12.4 Å². The minimum Gasteiger partial charge on any atom is -0.338 e. The first-order valence-corrected chi connectivity index (χ1v) is 7.07. The van der Waals surface area contributed by atoms with Crippen molar-refractivity contribution in [1.29, 1.82) is 0 Å². The summed E-state index contributed by atoms with van der Waals surface area (Å²) in [5.41, 5.74) is 3.03. The third-order valence-electron chi connectivity index (χ3n) is 4.17. The van der Waals surface area contributed by atoms with Crippen molar-refractivity contribution in [1.82, 2.24) is 14.9 Å². The van der Waals surface area contributed by atoms with E-state index >= 15 is 0 Å². The maximum atomic E-state index is 4.46. The topological polar surface area (TPSA) is 29.9 Å². The van der Waals surface area contributed by atoms with Crippen LogP contribution in [0, 0.1) is 0 Å². The van der Waals surface area contributed by atoms with Crippen LogP contribution in [0.2, 0.25) is 0 Å². The summed E-state index contributed by atoms with van der Waals surface area (Å²) in [7, 11) is 2.07. The number of likely N-dealkylation sites (N-methyl/N-ethyl adjacent to an activating group) is 1. The van der Waals surface area contributed by atoms with Crippen molar-refractivity contribution < 1.29 is 0 Å². The van der Waals surface area contributed by atoms with E-state index in [9.17, 15) is 0 Å². The number of aromatic nitrogens is 2. The predicted molar refractivity (Wildman–Crippen MR) is 77.3 cm³/mol. The number of nitrogens with one attached hydrogen (secondary N) is 1. The monoisotopic (exact) mass is 255 g/mol. The van der Waals surface area contributed by atoms with Crippen molar-refractivity contribution in [2.75, 3.05) is 6.54 Å². The second kappa shape index (κ2) is 5.17. The third kappa shape index (κ3) is 2.30. The normalized spacial score (nSPS) is 18.7. The summed E-state index contributed by atoms with van der Waals surface area (Å²) >= 11 is 0. The highest BCUT2D eigenvalue weighted by molar-refractivity contribution is 5.41. The molecule has 0 saturated heterocycles. The molecule has 2 unspecified atom stereocenters. The van der Waals surface area contributed by atoms with E-state index < -0.39 is 0 Å². The molecule has 1 aliphatic carbocycles. The fourth-order valence-corrected chi connectivity index (χ4v) is 3.07. The SMILES string of the molecule is CCNC(Cc1nccn1C)C1Cc2ccccc21. The fourth-order valence-electron chi connectivity index (χ4n) is 3.07. The summed E-state index contributed by atoms with van der Waals surface area (Å²) < 4.78 is 2.12. The molecule has 100 valence electrons. The van der Waals surface area contributed by atoms with Gasteiger partial charge in [-0.05, 0) is 24.1 Å². The molecule has 0 fully saturated rings. The van der Waals surface area contributed by atoms with Gasteiger partial charge in [0.15, 0.2) is 0 Å². The molecule has 0 aliphatic heterocycles. The number of fused-ring (bicyclic) bond motifs is 1. The summed E-state index contributed by atoms with van der Waals surface area (Å²) in [6.07, 6.45) is 6.09. The van der Waals surface area contributed by atoms with Crippen molar-refractivity contribution >= 4 is 0 Å². The van der Waals surface area contributed by atoms with E-state index in [0.717, 1.165) is 18.8 Å². The fraction of sp³-hybridized carbons (Fsp3) is 0.438. The Morgan fingerprint density at radius 1 is 1.42 bits per heavy atom. The van der Waals surface area contributed by atoms with Crippen molar-refractivity contribution in [3.8, 4) is 0 Å². The molecule has 3 nitrogen and oxygen atoms in total. The molecule has 1 aliphatic rings. The molecule has 0 amide bonds.